The Morgan fingerprint density at radius 2 is 2.06 bits per heavy atom. The summed E-state index contributed by atoms with van der Waals surface area (Å²) in [5.74, 6) is -3.94. The minimum absolute atomic E-state index is 0.123. The van der Waals surface area contributed by atoms with Crippen LogP contribution in [0.25, 0.3) is 0 Å². The van der Waals surface area contributed by atoms with Crippen molar-refractivity contribution in [1.29, 1.82) is 0 Å². The Balaban J connectivity index is 5.63. The maximum Gasteiger partial charge on any atom is 0.286 e. The lowest BCUT2D eigenvalue weighted by atomic mass is 9.90. The van der Waals surface area contributed by atoms with Crippen LogP contribution in [0.3, 0.4) is 0 Å². The van der Waals surface area contributed by atoms with Gasteiger partial charge < -0.3 is 9.84 Å². The van der Waals surface area contributed by atoms with Crippen molar-refractivity contribution < 1.29 is 18.6 Å². The third-order valence-corrected chi connectivity index (χ3v) is 2.21. The number of halogens is 2. The maximum absolute atomic E-state index is 13.6. The molecule has 1 N–H and O–H groups in total. The van der Waals surface area contributed by atoms with Crippen molar-refractivity contribution in [1.82, 2.24) is 0 Å². The van der Waals surface area contributed by atoms with E-state index in [9.17, 15) is 13.9 Å². The van der Waals surface area contributed by atoms with Crippen LogP contribution in [0.5, 0.6) is 0 Å². The summed E-state index contributed by atoms with van der Waals surface area (Å²) in [7, 11) is 1.32. The second-order valence-corrected chi connectivity index (χ2v) is 3.43. The van der Waals surface area contributed by atoms with Gasteiger partial charge >= 0.3 is 0 Å². The second kappa shape index (κ2) is 5.86. The molecule has 0 rings (SSSR count). The third kappa shape index (κ3) is 3.09. The minimum atomic E-state index is -3.49. The first-order chi connectivity index (χ1) is 7.75. The van der Waals surface area contributed by atoms with E-state index in [0.29, 0.717) is 6.92 Å². The smallest absolute Gasteiger partial charge is 0.286 e. The molecule has 17 heavy (non-hydrogen) atoms. The second-order valence-electron chi connectivity index (χ2n) is 3.43. The molecule has 0 saturated carbocycles. The summed E-state index contributed by atoms with van der Waals surface area (Å²) in [6.45, 7) is 7.12. The fourth-order valence-electron chi connectivity index (χ4n) is 1.34. The highest BCUT2D eigenvalue weighted by Gasteiger charge is 2.55. The van der Waals surface area contributed by atoms with Crippen molar-refractivity contribution >= 4 is 0 Å². The van der Waals surface area contributed by atoms with Gasteiger partial charge in [0.25, 0.3) is 5.92 Å². The highest BCUT2D eigenvalue weighted by atomic mass is 19.3. The molecule has 1 atom stereocenters. The van der Waals surface area contributed by atoms with Crippen molar-refractivity contribution in [3.8, 4) is 0 Å². The van der Waals surface area contributed by atoms with Crippen LogP contribution in [0, 0.1) is 0 Å². The number of nitrogens with zero attached hydrogens (tertiary/aromatic N) is 2. The van der Waals surface area contributed by atoms with Gasteiger partial charge in [-0.25, -0.2) is 8.78 Å². The summed E-state index contributed by atoms with van der Waals surface area (Å²) >= 11 is 0. The van der Waals surface area contributed by atoms with E-state index in [1.54, 1.807) is 6.92 Å². The largest absolute Gasteiger partial charge is 0.495 e. The molecular formula is C11H18F2N2O2. The molecule has 98 valence electrons. The molecular weight excluding hydrogens is 230 g/mol. The van der Waals surface area contributed by atoms with Gasteiger partial charge in [0.15, 0.2) is 0 Å². The molecule has 0 aliphatic heterocycles. The number of ether oxygens (including phenoxy) is 1. The van der Waals surface area contributed by atoms with Gasteiger partial charge in [-0.05, 0) is 13.8 Å². The number of azo groups is 1. The lowest BCUT2D eigenvalue weighted by Gasteiger charge is -2.34. The van der Waals surface area contributed by atoms with Crippen LogP contribution in [-0.4, -0.2) is 30.3 Å². The van der Waals surface area contributed by atoms with E-state index in [0.717, 1.165) is 0 Å². The summed E-state index contributed by atoms with van der Waals surface area (Å²) in [5, 5.41) is 17.0. The normalized spacial score (nSPS) is 17.0. The molecule has 0 amide bonds. The zero-order valence-corrected chi connectivity index (χ0v) is 10.5. The van der Waals surface area contributed by atoms with Crippen LogP contribution in [-0.2, 0) is 4.74 Å². The Labute approximate surface area is 99.7 Å². The van der Waals surface area contributed by atoms with Crippen LogP contribution < -0.4 is 0 Å². The van der Waals surface area contributed by atoms with Crippen molar-refractivity contribution in [2.75, 3.05) is 13.7 Å². The van der Waals surface area contributed by atoms with Gasteiger partial charge in [0.05, 0.1) is 6.61 Å². The van der Waals surface area contributed by atoms with Gasteiger partial charge in [-0.15, -0.1) is 0 Å². The zero-order valence-electron chi connectivity index (χ0n) is 10.5. The lowest BCUT2D eigenvalue weighted by molar-refractivity contribution is -0.147. The molecule has 0 saturated heterocycles. The van der Waals surface area contributed by atoms with Crippen molar-refractivity contribution in [3.05, 3.63) is 24.1 Å². The Kier molecular flexibility index (Phi) is 5.41. The molecule has 0 fully saturated rings. The van der Waals surface area contributed by atoms with Crippen LogP contribution in [0.15, 0.2) is 34.3 Å². The van der Waals surface area contributed by atoms with Crippen LogP contribution in [0.1, 0.15) is 20.8 Å². The van der Waals surface area contributed by atoms with Crippen molar-refractivity contribution in [2.45, 2.75) is 32.3 Å². The van der Waals surface area contributed by atoms with Crippen LogP contribution >= 0.6 is 0 Å². The SMILES string of the molecule is C=C(OCC)C(O)(/C(=C/C)N=NC)C(C)(F)F. The molecule has 4 nitrogen and oxygen atoms in total. The molecule has 0 aliphatic rings. The molecule has 0 radical (unpaired) electrons. The van der Waals surface area contributed by atoms with E-state index in [1.807, 2.05) is 0 Å². The van der Waals surface area contributed by atoms with Gasteiger partial charge in [0, 0.05) is 14.0 Å². The molecule has 1 unspecified atom stereocenters. The van der Waals surface area contributed by atoms with E-state index < -0.39 is 17.3 Å². The number of hydrogen-bond donors (Lipinski definition) is 1. The first-order valence-electron chi connectivity index (χ1n) is 5.14. The van der Waals surface area contributed by atoms with Gasteiger partial charge in [-0.2, -0.15) is 10.2 Å². The first-order valence-corrected chi connectivity index (χ1v) is 5.14. The van der Waals surface area contributed by atoms with E-state index in [4.69, 9.17) is 4.74 Å². The Morgan fingerprint density at radius 3 is 2.35 bits per heavy atom. The van der Waals surface area contributed by atoms with Gasteiger partial charge in [0.1, 0.15) is 11.5 Å². The van der Waals surface area contributed by atoms with E-state index in [-0.39, 0.29) is 12.3 Å². The van der Waals surface area contributed by atoms with E-state index >= 15 is 0 Å². The summed E-state index contributed by atoms with van der Waals surface area (Å²) < 4.78 is 32.0. The average Bonchev–Trinajstić information content (AvgIpc) is 2.23. The van der Waals surface area contributed by atoms with Crippen LogP contribution in [0.4, 0.5) is 8.78 Å². The molecule has 0 heterocycles. The highest BCUT2D eigenvalue weighted by Crippen LogP contribution is 2.40. The number of hydrogen-bond acceptors (Lipinski definition) is 4. The Hall–Kier alpha value is -1.30. The van der Waals surface area contributed by atoms with Crippen LogP contribution in [0.2, 0.25) is 0 Å². The predicted molar refractivity (Wildman–Crippen MR) is 60.9 cm³/mol. The predicted octanol–water partition coefficient (Wildman–Crippen LogP) is 2.91. The lowest BCUT2D eigenvalue weighted by Crippen LogP contribution is -2.49. The topological polar surface area (TPSA) is 54.2 Å². The minimum Gasteiger partial charge on any atom is -0.495 e. The molecule has 0 aromatic carbocycles. The highest BCUT2D eigenvalue weighted by molar-refractivity contribution is 5.30. The third-order valence-electron chi connectivity index (χ3n) is 2.21. The van der Waals surface area contributed by atoms with Gasteiger partial charge in [-0.3, -0.25) is 0 Å². The summed E-state index contributed by atoms with van der Waals surface area (Å²) in [4.78, 5) is 0. The molecule has 0 aliphatic carbocycles. The standard InChI is InChI=1S/C11H18F2N2O2/c1-6-9(15-14-5)11(16,10(4,12)13)8(3)17-7-2/h6,16H,3,7H2,1-2,4-5H3/b9-6-,15-14?. The number of aliphatic hydroxyl groups is 1. The van der Waals surface area contributed by atoms with Gasteiger partial charge in [-0.1, -0.05) is 12.7 Å². The number of alkyl halides is 2. The Morgan fingerprint density at radius 1 is 1.53 bits per heavy atom. The molecule has 0 aromatic heterocycles. The zero-order chi connectivity index (χ0) is 13.7. The first kappa shape index (κ1) is 15.7. The summed E-state index contributed by atoms with van der Waals surface area (Å²) in [6.07, 6.45) is 1.24. The monoisotopic (exact) mass is 248 g/mol. The summed E-state index contributed by atoms with van der Waals surface area (Å²) in [6, 6.07) is 0. The molecule has 6 heteroatoms. The quantitative estimate of drug-likeness (QED) is 0.580. The van der Waals surface area contributed by atoms with Gasteiger partial charge in [0.2, 0.25) is 5.60 Å². The average molecular weight is 248 g/mol. The summed E-state index contributed by atoms with van der Waals surface area (Å²) in [5.41, 5.74) is -2.98. The Bertz CT molecular complexity index is 335. The number of allylic oxidation sites excluding steroid dienone is 1. The maximum atomic E-state index is 13.6. The van der Waals surface area contributed by atoms with Crippen molar-refractivity contribution in [2.24, 2.45) is 10.2 Å². The fourth-order valence-corrected chi connectivity index (χ4v) is 1.34. The van der Waals surface area contributed by atoms with E-state index in [1.165, 1.54) is 20.0 Å². The molecule has 0 aromatic rings. The van der Waals surface area contributed by atoms with Crippen molar-refractivity contribution in [3.63, 3.8) is 0 Å². The van der Waals surface area contributed by atoms with E-state index in [2.05, 4.69) is 16.8 Å². The number of rotatable bonds is 6. The molecule has 0 spiro atoms. The molecule has 0 bridgehead atoms. The fraction of sp³-hybridized carbons (Fsp3) is 0.636.